The van der Waals surface area contributed by atoms with E-state index in [1.807, 2.05) is 26.0 Å². The maximum Gasteiger partial charge on any atom is 0.295 e. The predicted octanol–water partition coefficient (Wildman–Crippen LogP) is 3.73. The Morgan fingerprint density at radius 3 is 2.65 bits per heavy atom. The SMILES string of the molecule is C=CCOc1ccc(C2C(=C(O)c3ccc4c(c3)CC(C)O4)C(=O)C(=O)N2CCN2CCOCC2)cc1OCC. The Balaban J connectivity index is 1.56. The molecule has 40 heavy (non-hydrogen) atoms. The number of hydrogen-bond acceptors (Lipinski definition) is 8. The summed E-state index contributed by atoms with van der Waals surface area (Å²) in [5, 5.41) is 11.6. The predicted molar refractivity (Wildman–Crippen MR) is 150 cm³/mol. The minimum atomic E-state index is -0.794. The molecule has 2 aromatic rings. The van der Waals surface area contributed by atoms with E-state index in [0.717, 1.165) is 24.4 Å². The molecule has 2 aromatic carbocycles. The number of aliphatic hydroxyl groups excluding tert-OH is 1. The van der Waals surface area contributed by atoms with Gasteiger partial charge in [-0.25, -0.2) is 0 Å². The van der Waals surface area contributed by atoms with Crippen LogP contribution < -0.4 is 14.2 Å². The number of rotatable bonds is 10. The van der Waals surface area contributed by atoms with Gasteiger partial charge < -0.3 is 29.0 Å². The van der Waals surface area contributed by atoms with Crippen LogP contribution in [0, 0.1) is 0 Å². The summed E-state index contributed by atoms with van der Waals surface area (Å²) in [7, 11) is 0. The Labute approximate surface area is 234 Å². The van der Waals surface area contributed by atoms with Gasteiger partial charge in [0.15, 0.2) is 11.5 Å². The molecular weight excluding hydrogens is 512 g/mol. The van der Waals surface area contributed by atoms with Crippen molar-refractivity contribution >= 4 is 17.4 Å². The van der Waals surface area contributed by atoms with Gasteiger partial charge in [-0.15, -0.1) is 0 Å². The molecule has 2 saturated heterocycles. The van der Waals surface area contributed by atoms with Gasteiger partial charge >= 0.3 is 0 Å². The Morgan fingerprint density at radius 2 is 1.90 bits per heavy atom. The summed E-state index contributed by atoms with van der Waals surface area (Å²) in [5.41, 5.74) is 2.14. The van der Waals surface area contributed by atoms with Crippen molar-refractivity contribution in [3.63, 3.8) is 0 Å². The van der Waals surface area contributed by atoms with Crippen LogP contribution in [0.25, 0.3) is 5.76 Å². The monoisotopic (exact) mass is 548 g/mol. The van der Waals surface area contributed by atoms with E-state index >= 15 is 0 Å². The molecule has 0 saturated carbocycles. The minimum absolute atomic E-state index is 0.0389. The summed E-state index contributed by atoms with van der Waals surface area (Å²) in [6.45, 7) is 11.9. The number of ketones is 1. The number of carbonyl (C=O) groups excluding carboxylic acids is 2. The third-order valence-electron chi connectivity index (χ3n) is 7.41. The van der Waals surface area contributed by atoms with Crippen LogP contribution in [0.5, 0.6) is 17.2 Å². The number of ether oxygens (including phenoxy) is 4. The second-order valence-corrected chi connectivity index (χ2v) is 10.1. The van der Waals surface area contributed by atoms with E-state index in [1.54, 1.807) is 35.2 Å². The number of nitrogens with zero attached hydrogens (tertiary/aromatic N) is 2. The molecule has 0 radical (unpaired) electrons. The van der Waals surface area contributed by atoms with Crippen LogP contribution in [-0.2, 0) is 20.7 Å². The number of fused-ring (bicyclic) bond motifs is 1. The zero-order valence-corrected chi connectivity index (χ0v) is 23.1. The topological polar surface area (TPSA) is 97.8 Å². The number of benzene rings is 2. The smallest absolute Gasteiger partial charge is 0.295 e. The highest BCUT2D eigenvalue weighted by atomic mass is 16.5. The van der Waals surface area contributed by atoms with Gasteiger partial charge in [-0.2, -0.15) is 0 Å². The summed E-state index contributed by atoms with van der Waals surface area (Å²) in [4.78, 5) is 30.8. The first-order valence-corrected chi connectivity index (χ1v) is 13.8. The van der Waals surface area contributed by atoms with Crippen molar-refractivity contribution in [3.05, 3.63) is 71.3 Å². The number of Topliss-reactive ketones (excluding diaryl/α,β-unsaturated/α-hetero) is 1. The van der Waals surface area contributed by atoms with Crippen LogP contribution >= 0.6 is 0 Å². The molecule has 3 aliphatic rings. The molecule has 1 N–H and O–H groups in total. The van der Waals surface area contributed by atoms with Gasteiger partial charge in [-0.1, -0.05) is 18.7 Å². The number of morpholine rings is 1. The van der Waals surface area contributed by atoms with Crippen molar-refractivity contribution in [1.29, 1.82) is 0 Å². The van der Waals surface area contributed by atoms with Gasteiger partial charge in [0.25, 0.3) is 11.7 Å². The van der Waals surface area contributed by atoms with Gasteiger partial charge in [0, 0.05) is 38.2 Å². The maximum absolute atomic E-state index is 13.5. The lowest BCUT2D eigenvalue weighted by atomic mass is 9.94. The van der Waals surface area contributed by atoms with Crippen LogP contribution in [0.15, 0.2) is 54.6 Å². The van der Waals surface area contributed by atoms with Crippen LogP contribution in [0.1, 0.15) is 36.6 Å². The second-order valence-electron chi connectivity index (χ2n) is 10.1. The lowest BCUT2D eigenvalue weighted by Crippen LogP contribution is -2.42. The van der Waals surface area contributed by atoms with Crippen LogP contribution in [-0.4, -0.2) is 85.3 Å². The Bertz CT molecular complexity index is 1310. The second kappa shape index (κ2) is 12.1. The normalized spacial score (nSPS) is 22.2. The average Bonchev–Trinajstić information content (AvgIpc) is 3.46. The fraction of sp³-hybridized carbons (Fsp3) is 0.419. The Kier molecular flexibility index (Phi) is 8.42. The lowest BCUT2D eigenvalue weighted by Gasteiger charge is -2.31. The van der Waals surface area contributed by atoms with Crippen molar-refractivity contribution in [2.75, 3.05) is 52.6 Å². The van der Waals surface area contributed by atoms with E-state index in [9.17, 15) is 14.7 Å². The number of aliphatic hydroxyl groups is 1. The van der Waals surface area contributed by atoms with Crippen molar-refractivity contribution in [2.24, 2.45) is 0 Å². The highest BCUT2D eigenvalue weighted by Gasteiger charge is 2.46. The lowest BCUT2D eigenvalue weighted by molar-refractivity contribution is -0.140. The van der Waals surface area contributed by atoms with Crippen molar-refractivity contribution in [2.45, 2.75) is 32.4 Å². The van der Waals surface area contributed by atoms with E-state index in [0.29, 0.717) is 68.6 Å². The quantitative estimate of drug-likeness (QED) is 0.208. The molecule has 0 bridgehead atoms. The molecule has 2 atom stereocenters. The molecule has 2 fully saturated rings. The van der Waals surface area contributed by atoms with Gasteiger partial charge in [0.2, 0.25) is 0 Å². The number of amides is 1. The largest absolute Gasteiger partial charge is 0.507 e. The van der Waals surface area contributed by atoms with Gasteiger partial charge in [-0.3, -0.25) is 14.5 Å². The van der Waals surface area contributed by atoms with Gasteiger partial charge in [0.05, 0.1) is 31.4 Å². The molecule has 9 nitrogen and oxygen atoms in total. The van der Waals surface area contributed by atoms with E-state index in [2.05, 4.69) is 11.5 Å². The van der Waals surface area contributed by atoms with Crippen molar-refractivity contribution < 1.29 is 33.6 Å². The van der Waals surface area contributed by atoms with E-state index < -0.39 is 17.7 Å². The van der Waals surface area contributed by atoms with Crippen LogP contribution in [0.2, 0.25) is 0 Å². The Hall–Kier alpha value is -3.82. The third-order valence-corrected chi connectivity index (χ3v) is 7.41. The zero-order chi connectivity index (χ0) is 28.2. The van der Waals surface area contributed by atoms with E-state index in [-0.39, 0.29) is 17.4 Å². The van der Waals surface area contributed by atoms with Gasteiger partial charge in [-0.05, 0) is 55.3 Å². The molecule has 212 valence electrons. The minimum Gasteiger partial charge on any atom is -0.507 e. The molecule has 9 heteroatoms. The standard InChI is InChI=1S/C31H36N2O7/c1-4-14-39-25-9-6-21(19-26(25)38-5-2)28-27(29(34)22-7-8-24-23(18-22)17-20(3)40-24)30(35)31(36)33(28)11-10-32-12-15-37-16-13-32/h4,6-9,18-20,28,34H,1,5,10-17H2,2-3H3. The molecule has 3 heterocycles. The fourth-order valence-corrected chi connectivity index (χ4v) is 5.49. The zero-order valence-electron chi connectivity index (χ0n) is 23.1. The number of hydrogen-bond donors (Lipinski definition) is 1. The highest BCUT2D eigenvalue weighted by Crippen LogP contribution is 2.42. The van der Waals surface area contributed by atoms with E-state index in [1.165, 1.54) is 0 Å². The molecular formula is C31H36N2O7. The first-order valence-electron chi connectivity index (χ1n) is 13.8. The van der Waals surface area contributed by atoms with Crippen LogP contribution in [0.3, 0.4) is 0 Å². The summed E-state index contributed by atoms with van der Waals surface area (Å²) in [6, 6.07) is 9.93. The van der Waals surface area contributed by atoms with Crippen molar-refractivity contribution in [3.8, 4) is 17.2 Å². The maximum atomic E-state index is 13.5. The molecule has 0 spiro atoms. The first kappa shape index (κ1) is 27.7. The fourth-order valence-electron chi connectivity index (χ4n) is 5.49. The molecule has 2 unspecified atom stereocenters. The summed E-state index contributed by atoms with van der Waals surface area (Å²) >= 11 is 0. The summed E-state index contributed by atoms with van der Waals surface area (Å²) in [5.74, 6) is 0.239. The van der Waals surface area contributed by atoms with Crippen molar-refractivity contribution in [1.82, 2.24) is 9.80 Å². The number of carbonyl (C=O) groups is 2. The molecule has 1 amide bonds. The number of likely N-dealkylation sites (tertiary alicyclic amines) is 1. The molecule has 3 aliphatic heterocycles. The van der Waals surface area contributed by atoms with E-state index in [4.69, 9.17) is 18.9 Å². The van der Waals surface area contributed by atoms with Crippen LogP contribution in [0.4, 0.5) is 0 Å². The first-order chi connectivity index (χ1) is 19.4. The summed E-state index contributed by atoms with van der Waals surface area (Å²) < 4.78 is 22.9. The molecule has 5 rings (SSSR count). The highest BCUT2D eigenvalue weighted by molar-refractivity contribution is 6.46. The third kappa shape index (κ3) is 5.57. The Morgan fingerprint density at radius 1 is 1.10 bits per heavy atom. The summed E-state index contributed by atoms with van der Waals surface area (Å²) in [6.07, 6.45) is 2.39. The van der Waals surface area contributed by atoms with Gasteiger partial charge in [0.1, 0.15) is 24.2 Å². The molecule has 0 aromatic heterocycles. The average molecular weight is 549 g/mol. The molecule has 0 aliphatic carbocycles.